The SMILES string of the molecule is O=C1CCC(c2cccc(NCCC3CCNCC3)c2)C(=O)N1. The fourth-order valence-corrected chi connectivity index (χ4v) is 3.47. The van der Waals surface area contributed by atoms with Gasteiger partial charge >= 0.3 is 0 Å². The Morgan fingerprint density at radius 1 is 1.13 bits per heavy atom. The quantitative estimate of drug-likeness (QED) is 0.727. The van der Waals surface area contributed by atoms with Crippen LogP contribution in [0.3, 0.4) is 0 Å². The fraction of sp³-hybridized carbons (Fsp3) is 0.556. The number of hydrogen-bond acceptors (Lipinski definition) is 4. The third kappa shape index (κ3) is 4.32. The molecule has 1 aromatic rings. The molecule has 1 atom stereocenters. The topological polar surface area (TPSA) is 70.2 Å². The second-order valence-electron chi connectivity index (χ2n) is 6.54. The largest absolute Gasteiger partial charge is 0.385 e. The predicted molar refractivity (Wildman–Crippen MR) is 90.3 cm³/mol. The molecule has 0 aromatic heterocycles. The molecule has 0 aliphatic carbocycles. The number of hydrogen-bond donors (Lipinski definition) is 3. The normalized spacial score (nSPS) is 22.7. The summed E-state index contributed by atoms with van der Waals surface area (Å²) in [7, 11) is 0. The van der Waals surface area contributed by atoms with Gasteiger partial charge < -0.3 is 10.6 Å². The number of anilines is 1. The van der Waals surface area contributed by atoms with Crippen LogP contribution in [0.15, 0.2) is 24.3 Å². The molecular weight excluding hydrogens is 290 g/mol. The monoisotopic (exact) mass is 315 g/mol. The van der Waals surface area contributed by atoms with Crippen LogP contribution in [0.25, 0.3) is 0 Å². The predicted octanol–water partition coefficient (Wildman–Crippen LogP) is 2.01. The minimum Gasteiger partial charge on any atom is -0.385 e. The number of imide groups is 1. The third-order valence-electron chi connectivity index (χ3n) is 4.87. The lowest BCUT2D eigenvalue weighted by atomic mass is 9.90. The van der Waals surface area contributed by atoms with Crippen LogP contribution in [0.4, 0.5) is 5.69 Å². The van der Waals surface area contributed by atoms with Gasteiger partial charge in [-0.2, -0.15) is 0 Å². The van der Waals surface area contributed by atoms with Crippen molar-refractivity contribution >= 4 is 17.5 Å². The van der Waals surface area contributed by atoms with E-state index >= 15 is 0 Å². The van der Waals surface area contributed by atoms with E-state index in [2.05, 4.69) is 16.0 Å². The van der Waals surface area contributed by atoms with Gasteiger partial charge in [0.1, 0.15) is 0 Å². The molecule has 2 saturated heterocycles. The van der Waals surface area contributed by atoms with Crippen LogP contribution in [0.2, 0.25) is 0 Å². The van der Waals surface area contributed by atoms with E-state index in [0.29, 0.717) is 12.8 Å². The maximum Gasteiger partial charge on any atom is 0.234 e. The van der Waals surface area contributed by atoms with Crippen LogP contribution in [0, 0.1) is 5.92 Å². The third-order valence-corrected chi connectivity index (χ3v) is 4.87. The fourth-order valence-electron chi connectivity index (χ4n) is 3.47. The first-order chi connectivity index (χ1) is 11.2. The highest BCUT2D eigenvalue weighted by Crippen LogP contribution is 2.26. The van der Waals surface area contributed by atoms with E-state index < -0.39 is 0 Å². The molecule has 2 aliphatic heterocycles. The van der Waals surface area contributed by atoms with Crippen molar-refractivity contribution in [2.24, 2.45) is 5.92 Å². The number of nitrogens with one attached hydrogen (secondary N) is 3. The molecular formula is C18H25N3O2. The van der Waals surface area contributed by atoms with E-state index in [0.717, 1.165) is 36.8 Å². The van der Waals surface area contributed by atoms with Crippen molar-refractivity contribution in [1.29, 1.82) is 0 Å². The zero-order chi connectivity index (χ0) is 16.1. The van der Waals surface area contributed by atoms with Gasteiger partial charge in [-0.3, -0.25) is 14.9 Å². The summed E-state index contributed by atoms with van der Waals surface area (Å²) < 4.78 is 0. The average molecular weight is 315 g/mol. The van der Waals surface area contributed by atoms with Crippen molar-refractivity contribution in [3.8, 4) is 0 Å². The van der Waals surface area contributed by atoms with Crippen molar-refractivity contribution in [2.45, 2.75) is 38.0 Å². The highest BCUT2D eigenvalue weighted by atomic mass is 16.2. The lowest BCUT2D eigenvalue weighted by Crippen LogP contribution is -2.39. The van der Waals surface area contributed by atoms with Crippen molar-refractivity contribution in [3.05, 3.63) is 29.8 Å². The van der Waals surface area contributed by atoms with Crippen molar-refractivity contribution in [1.82, 2.24) is 10.6 Å². The van der Waals surface area contributed by atoms with Gasteiger partial charge in [0.2, 0.25) is 11.8 Å². The molecule has 2 heterocycles. The molecule has 5 heteroatoms. The number of carbonyl (C=O) groups is 2. The second kappa shape index (κ2) is 7.59. The smallest absolute Gasteiger partial charge is 0.234 e. The summed E-state index contributed by atoms with van der Waals surface area (Å²) in [5.74, 6) is 0.261. The number of amides is 2. The number of benzene rings is 1. The minimum atomic E-state index is -0.209. The Hall–Kier alpha value is -1.88. The molecule has 5 nitrogen and oxygen atoms in total. The van der Waals surface area contributed by atoms with Crippen LogP contribution in [0.5, 0.6) is 0 Å². The molecule has 2 aliphatic rings. The summed E-state index contributed by atoms with van der Waals surface area (Å²) in [5.41, 5.74) is 2.04. The Balaban J connectivity index is 1.54. The van der Waals surface area contributed by atoms with Gasteiger partial charge in [-0.25, -0.2) is 0 Å². The molecule has 0 saturated carbocycles. The first-order valence-corrected chi connectivity index (χ1v) is 8.60. The van der Waals surface area contributed by atoms with E-state index in [-0.39, 0.29) is 17.7 Å². The van der Waals surface area contributed by atoms with Crippen LogP contribution < -0.4 is 16.0 Å². The van der Waals surface area contributed by atoms with Crippen molar-refractivity contribution in [2.75, 3.05) is 25.0 Å². The molecule has 3 N–H and O–H groups in total. The summed E-state index contributed by atoms with van der Waals surface area (Å²) >= 11 is 0. The van der Waals surface area contributed by atoms with Gasteiger partial charge in [0.15, 0.2) is 0 Å². The van der Waals surface area contributed by atoms with Crippen LogP contribution >= 0.6 is 0 Å². The molecule has 0 bridgehead atoms. The molecule has 2 fully saturated rings. The maximum atomic E-state index is 12.0. The summed E-state index contributed by atoms with van der Waals surface area (Å²) in [6.45, 7) is 3.23. The Bertz CT molecular complexity index is 567. The van der Waals surface area contributed by atoms with E-state index in [1.807, 2.05) is 24.3 Å². The molecule has 1 aromatic carbocycles. The van der Waals surface area contributed by atoms with E-state index in [1.165, 1.54) is 19.3 Å². The maximum absolute atomic E-state index is 12.0. The second-order valence-corrected chi connectivity index (χ2v) is 6.54. The number of carbonyl (C=O) groups excluding carboxylic acids is 2. The van der Waals surface area contributed by atoms with Gasteiger partial charge in [-0.05, 0) is 62.4 Å². The summed E-state index contributed by atoms with van der Waals surface area (Å²) in [6.07, 6.45) is 4.73. The molecule has 2 amide bonds. The van der Waals surface area contributed by atoms with Gasteiger partial charge in [-0.15, -0.1) is 0 Å². The molecule has 124 valence electrons. The van der Waals surface area contributed by atoms with Gasteiger partial charge in [0.05, 0.1) is 5.92 Å². The summed E-state index contributed by atoms with van der Waals surface area (Å²) in [4.78, 5) is 23.2. The average Bonchev–Trinajstić information content (AvgIpc) is 2.56. The first kappa shape index (κ1) is 16.0. The van der Waals surface area contributed by atoms with Gasteiger partial charge in [0.25, 0.3) is 0 Å². The lowest BCUT2D eigenvalue weighted by Gasteiger charge is -2.23. The Labute approximate surface area is 137 Å². The number of rotatable bonds is 5. The standard InChI is InChI=1S/C18H25N3O2/c22-17-5-4-16(18(23)21-17)14-2-1-3-15(12-14)20-11-8-13-6-9-19-10-7-13/h1-3,12-13,16,19-20H,4-11H2,(H,21,22,23). The molecule has 0 spiro atoms. The van der Waals surface area contributed by atoms with E-state index in [4.69, 9.17) is 0 Å². The Morgan fingerprint density at radius 2 is 1.96 bits per heavy atom. The Morgan fingerprint density at radius 3 is 2.74 bits per heavy atom. The van der Waals surface area contributed by atoms with Crippen LogP contribution in [0.1, 0.15) is 43.6 Å². The minimum absolute atomic E-state index is 0.164. The van der Waals surface area contributed by atoms with Gasteiger partial charge in [0, 0.05) is 18.7 Å². The molecule has 3 rings (SSSR count). The number of piperidine rings is 2. The van der Waals surface area contributed by atoms with Gasteiger partial charge in [-0.1, -0.05) is 12.1 Å². The highest BCUT2D eigenvalue weighted by Gasteiger charge is 2.27. The summed E-state index contributed by atoms with van der Waals surface area (Å²) in [6, 6.07) is 8.03. The van der Waals surface area contributed by atoms with E-state index in [9.17, 15) is 9.59 Å². The lowest BCUT2D eigenvalue weighted by molar-refractivity contribution is -0.134. The molecule has 0 radical (unpaired) electrons. The highest BCUT2D eigenvalue weighted by molar-refractivity contribution is 6.01. The zero-order valence-electron chi connectivity index (χ0n) is 13.4. The Kier molecular flexibility index (Phi) is 5.28. The molecule has 1 unspecified atom stereocenters. The van der Waals surface area contributed by atoms with Crippen LogP contribution in [-0.2, 0) is 9.59 Å². The zero-order valence-corrected chi connectivity index (χ0v) is 13.4. The molecule has 23 heavy (non-hydrogen) atoms. The van der Waals surface area contributed by atoms with Crippen molar-refractivity contribution in [3.63, 3.8) is 0 Å². The first-order valence-electron chi connectivity index (χ1n) is 8.60. The van der Waals surface area contributed by atoms with E-state index in [1.54, 1.807) is 0 Å². The van der Waals surface area contributed by atoms with Crippen LogP contribution in [-0.4, -0.2) is 31.4 Å². The van der Waals surface area contributed by atoms with Crippen molar-refractivity contribution < 1.29 is 9.59 Å². The summed E-state index contributed by atoms with van der Waals surface area (Å²) in [5, 5.41) is 9.30.